The van der Waals surface area contributed by atoms with Crippen LogP contribution in [0.3, 0.4) is 0 Å². The van der Waals surface area contributed by atoms with E-state index in [2.05, 4.69) is 248 Å². The van der Waals surface area contributed by atoms with Gasteiger partial charge in [0.1, 0.15) is 0 Å². The molecule has 8 aromatic carbocycles. The van der Waals surface area contributed by atoms with E-state index in [9.17, 15) is 0 Å². The van der Waals surface area contributed by atoms with Crippen LogP contribution in [0.5, 0.6) is 0 Å². The van der Waals surface area contributed by atoms with Gasteiger partial charge in [-0.05, 0) is 156 Å². The zero-order valence-electron chi connectivity index (χ0n) is 40.2. The predicted molar refractivity (Wildman–Crippen MR) is 280 cm³/mol. The fraction of sp³-hybridized carbons (Fsp3) is 0.262. The molecule has 3 aliphatic rings. The van der Waals surface area contributed by atoms with Crippen LogP contribution < -0.4 is 4.90 Å². The SMILES string of the molecule is CC1(C)CCC(C)(C)c2cc(N(c3ccccc3)c3cc4c(cc3-c3c(-c5ccccc5)ccc5c3C(C)(C)CCC5(C)C)-c3ccccc3C4(c3ccccc3)c3ccccc3)ccc21. The van der Waals surface area contributed by atoms with Crippen molar-refractivity contribution in [2.24, 2.45) is 0 Å². The Bertz CT molecular complexity index is 3080. The molecule has 0 fully saturated rings. The van der Waals surface area contributed by atoms with E-state index < -0.39 is 5.41 Å². The van der Waals surface area contributed by atoms with E-state index in [1.54, 1.807) is 0 Å². The van der Waals surface area contributed by atoms with Gasteiger partial charge in [0.05, 0.1) is 11.1 Å². The lowest BCUT2D eigenvalue weighted by Gasteiger charge is -2.44. The highest BCUT2D eigenvalue weighted by Crippen LogP contribution is 2.61. The number of nitrogens with zero attached hydrogens (tertiary/aromatic N) is 1. The Balaban J connectivity index is 1.34. The van der Waals surface area contributed by atoms with Crippen LogP contribution in [0.1, 0.15) is 126 Å². The molecule has 3 aliphatic carbocycles. The molecule has 0 saturated carbocycles. The van der Waals surface area contributed by atoms with Crippen molar-refractivity contribution < 1.29 is 0 Å². The number of hydrogen-bond acceptors (Lipinski definition) is 1. The molecule has 66 heavy (non-hydrogen) atoms. The molecule has 0 saturated heterocycles. The van der Waals surface area contributed by atoms with Crippen LogP contribution >= 0.6 is 0 Å². The number of benzene rings is 8. The van der Waals surface area contributed by atoms with Crippen molar-refractivity contribution in [1.82, 2.24) is 0 Å². The van der Waals surface area contributed by atoms with Gasteiger partial charge in [-0.25, -0.2) is 0 Å². The van der Waals surface area contributed by atoms with E-state index in [1.165, 1.54) is 95.7 Å². The summed E-state index contributed by atoms with van der Waals surface area (Å²) in [6, 6.07) is 71.8. The number of anilines is 3. The first-order valence-corrected chi connectivity index (χ1v) is 24.4. The smallest absolute Gasteiger partial charge is 0.0714 e. The van der Waals surface area contributed by atoms with Gasteiger partial charge in [0, 0.05) is 16.9 Å². The van der Waals surface area contributed by atoms with E-state index in [0.717, 1.165) is 24.9 Å². The van der Waals surface area contributed by atoms with Gasteiger partial charge in [-0.2, -0.15) is 0 Å². The Hall–Kier alpha value is -6.44. The third-order valence-corrected chi connectivity index (χ3v) is 16.3. The average Bonchev–Trinajstić information content (AvgIpc) is 3.62. The molecule has 0 amide bonds. The molecule has 0 heterocycles. The van der Waals surface area contributed by atoms with Crippen LogP contribution in [0, 0.1) is 0 Å². The van der Waals surface area contributed by atoms with Gasteiger partial charge in [0.25, 0.3) is 0 Å². The summed E-state index contributed by atoms with van der Waals surface area (Å²) in [6.45, 7) is 19.7. The minimum absolute atomic E-state index is 0.0179. The maximum atomic E-state index is 2.63. The summed E-state index contributed by atoms with van der Waals surface area (Å²) < 4.78 is 0. The molecule has 1 nitrogen and oxygen atoms in total. The first kappa shape index (κ1) is 42.2. The second kappa shape index (κ2) is 15.3. The second-order valence-electron chi connectivity index (χ2n) is 22.2. The van der Waals surface area contributed by atoms with Crippen LogP contribution in [0.4, 0.5) is 17.1 Å². The van der Waals surface area contributed by atoms with Crippen molar-refractivity contribution in [3.63, 3.8) is 0 Å². The minimum atomic E-state index is -0.564. The lowest BCUT2D eigenvalue weighted by atomic mass is 9.60. The van der Waals surface area contributed by atoms with Crippen LogP contribution in [0.15, 0.2) is 188 Å². The van der Waals surface area contributed by atoms with Gasteiger partial charge in [0.2, 0.25) is 0 Å². The fourth-order valence-electron chi connectivity index (χ4n) is 12.5. The standard InChI is InChI=1S/C65H63N/c1-61(2)37-38-63(5,6)57-41-48(33-35-54(57)61)66(47-29-19-12-20-30-47)58-43-56-51(50-31-21-22-32-53(50)65(56,45-25-15-10-16-26-45)46-27-17-11-18-28-46)42-52(58)59-49(44-23-13-9-14-24-44)34-36-55-60(59)64(7,8)40-39-62(55,3)4/h9-36,41-43H,37-40H2,1-8H3. The number of hydrogen-bond donors (Lipinski definition) is 0. The van der Waals surface area contributed by atoms with E-state index in [0.29, 0.717) is 0 Å². The molecule has 0 N–H and O–H groups in total. The number of para-hydroxylation sites is 1. The van der Waals surface area contributed by atoms with Gasteiger partial charge in [-0.15, -0.1) is 0 Å². The van der Waals surface area contributed by atoms with Crippen molar-refractivity contribution in [1.29, 1.82) is 0 Å². The summed E-state index contributed by atoms with van der Waals surface area (Å²) >= 11 is 0. The molecule has 0 bridgehead atoms. The minimum Gasteiger partial charge on any atom is -0.310 e. The van der Waals surface area contributed by atoms with E-state index in [4.69, 9.17) is 0 Å². The van der Waals surface area contributed by atoms with Crippen molar-refractivity contribution in [2.45, 2.75) is 108 Å². The summed E-state index contributed by atoms with van der Waals surface area (Å²) in [5.74, 6) is 0. The molecular formula is C65H63N. The molecular weight excluding hydrogens is 795 g/mol. The molecule has 0 unspecified atom stereocenters. The molecule has 11 rings (SSSR count). The molecule has 0 atom stereocenters. The zero-order valence-corrected chi connectivity index (χ0v) is 40.2. The quantitative estimate of drug-likeness (QED) is 0.154. The normalized spacial score (nSPS) is 17.8. The first-order valence-electron chi connectivity index (χ1n) is 24.4. The van der Waals surface area contributed by atoms with Crippen LogP contribution in [-0.4, -0.2) is 0 Å². The average molecular weight is 858 g/mol. The van der Waals surface area contributed by atoms with E-state index >= 15 is 0 Å². The summed E-state index contributed by atoms with van der Waals surface area (Å²) in [5.41, 5.74) is 21.8. The van der Waals surface area contributed by atoms with Crippen LogP contribution in [-0.2, 0) is 27.1 Å². The third kappa shape index (κ3) is 6.48. The topological polar surface area (TPSA) is 3.24 Å². The van der Waals surface area contributed by atoms with Crippen molar-refractivity contribution in [3.05, 3.63) is 233 Å². The number of fused-ring (bicyclic) bond motifs is 5. The van der Waals surface area contributed by atoms with Gasteiger partial charge in [0.15, 0.2) is 0 Å². The van der Waals surface area contributed by atoms with Gasteiger partial charge in [-0.3, -0.25) is 0 Å². The number of rotatable bonds is 7. The largest absolute Gasteiger partial charge is 0.310 e. The van der Waals surface area contributed by atoms with Crippen LogP contribution in [0.2, 0.25) is 0 Å². The maximum Gasteiger partial charge on any atom is 0.0714 e. The lowest BCUT2D eigenvalue weighted by molar-refractivity contribution is 0.332. The molecule has 328 valence electrons. The van der Waals surface area contributed by atoms with Crippen molar-refractivity contribution >= 4 is 17.1 Å². The van der Waals surface area contributed by atoms with Crippen LogP contribution in [0.25, 0.3) is 33.4 Å². The highest BCUT2D eigenvalue weighted by Gasteiger charge is 2.48. The molecule has 0 aromatic heterocycles. The molecule has 0 aliphatic heterocycles. The first-order chi connectivity index (χ1) is 31.7. The predicted octanol–water partition coefficient (Wildman–Crippen LogP) is 17.6. The molecule has 1 heteroatoms. The molecule has 0 spiro atoms. The molecule has 8 aromatic rings. The maximum absolute atomic E-state index is 2.63. The Morgan fingerprint density at radius 1 is 0.333 bits per heavy atom. The Morgan fingerprint density at radius 2 is 0.848 bits per heavy atom. The van der Waals surface area contributed by atoms with Gasteiger partial charge in [-0.1, -0.05) is 207 Å². The van der Waals surface area contributed by atoms with E-state index in [-0.39, 0.29) is 21.7 Å². The summed E-state index contributed by atoms with van der Waals surface area (Å²) in [4.78, 5) is 2.62. The third-order valence-electron chi connectivity index (χ3n) is 16.3. The monoisotopic (exact) mass is 857 g/mol. The summed E-state index contributed by atoms with van der Waals surface area (Å²) in [6.07, 6.45) is 4.60. The second-order valence-corrected chi connectivity index (χ2v) is 22.2. The summed E-state index contributed by atoms with van der Waals surface area (Å²) in [7, 11) is 0. The fourth-order valence-corrected chi connectivity index (χ4v) is 12.5. The Kier molecular flexibility index (Phi) is 9.79. The Morgan fingerprint density at radius 3 is 1.48 bits per heavy atom. The zero-order chi connectivity index (χ0) is 45.6. The Labute approximate surface area is 394 Å². The molecule has 0 radical (unpaired) electrons. The van der Waals surface area contributed by atoms with Crippen molar-refractivity contribution in [3.8, 4) is 33.4 Å². The highest BCUT2D eigenvalue weighted by molar-refractivity contribution is 6.01. The van der Waals surface area contributed by atoms with Gasteiger partial charge < -0.3 is 4.90 Å². The van der Waals surface area contributed by atoms with Crippen molar-refractivity contribution in [2.75, 3.05) is 4.90 Å². The lowest BCUT2D eigenvalue weighted by Crippen LogP contribution is -2.34. The van der Waals surface area contributed by atoms with E-state index in [1.807, 2.05) is 0 Å². The summed E-state index contributed by atoms with van der Waals surface area (Å²) in [5, 5.41) is 0. The van der Waals surface area contributed by atoms with Gasteiger partial charge >= 0.3 is 0 Å². The highest BCUT2D eigenvalue weighted by atomic mass is 15.1.